The van der Waals surface area contributed by atoms with Crippen LogP contribution < -0.4 is 5.32 Å². The van der Waals surface area contributed by atoms with Crippen LogP contribution in [0.2, 0.25) is 0 Å². The molecule has 1 aromatic carbocycles. The van der Waals surface area contributed by atoms with Crippen LogP contribution in [0, 0.1) is 0 Å². The third kappa shape index (κ3) is 4.74. The minimum Gasteiger partial charge on any atom is -0.461 e. The molecule has 4 nitrogen and oxygen atoms in total. The molecule has 3 rings (SSSR count). The minimum atomic E-state index is -0.175. The number of amides is 1. The molecule has 0 aliphatic heterocycles. The molecule has 0 fully saturated rings. The number of hydrogen-bond donors (Lipinski definition) is 1. The van der Waals surface area contributed by atoms with Crippen molar-refractivity contribution in [1.29, 1.82) is 0 Å². The third-order valence-corrected chi connectivity index (χ3v) is 5.44. The molecule has 26 heavy (non-hydrogen) atoms. The lowest BCUT2D eigenvalue weighted by Gasteiger charge is -2.00. The number of benzene rings is 1. The summed E-state index contributed by atoms with van der Waals surface area (Å²) < 4.78 is 5.12. The van der Waals surface area contributed by atoms with E-state index in [-0.39, 0.29) is 11.7 Å². The molecular weight excluding hydrogens is 366 g/mol. The average Bonchev–Trinajstić information content (AvgIpc) is 3.36. The van der Waals surface area contributed by atoms with Crippen LogP contribution >= 0.6 is 23.1 Å². The van der Waals surface area contributed by atoms with Gasteiger partial charge in [-0.15, -0.1) is 23.1 Å². The molecule has 2 aromatic heterocycles. The standard InChI is InChI=1S/C20H17NO3S2/c1-25-15-7-4-14(5-8-15)6-11-19(22)21-13-16-9-10-18(26-16)20(23)17-3-2-12-24-17/h2-12H,13H2,1H3,(H,21,22). The molecule has 0 bridgehead atoms. The van der Waals surface area contributed by atoms with Crippen LogP contribution in [0.1, 0.15) is 25.9 Å². The molecule has 0 spiro atoms. The molecule has 0 aliphatic rings. The van der Waals surface area contributed by atoms with Gasteiger partial charge in [-0.2, -0.15) is 0 Å². The SMILES string of the molecule is CSc1ccc(C=CC(=O)NCc2ccc(C(=O)c3ccco3)s2)cc1. The van der Waals surface area contributed by atoms with Gasteiger partial charge in [0.2, 0.25) is 11.7 Å². The Morgan fingerprint density at radius 1 is 1.15 bits per heavy atom. The molecule has 0 unspecified atom stereocenters. The van der Waals surface area contributed by atoms with E-state index in [0.29, 0.717) is 17.2 Å². The second-order valence-corrected chi connectivity index (χ2v) is 7.44. The van der Waals surface area contributed by atoms with Gasteiger partial charge in [-0.05, 0) is 54.3 Å². The maximum atomic E-state index is 12.2. The van der Waals surface area contributed by atoms with Crippen LogP contribution in [0.25, 0.3) is 6.08 Å². The average molecular weight is 383 g/mol. The van der Waals surface area contributed by atoms with Gasteiger partial charge < -0.3 is 9.73 Å². The first kappa shape index (κ1) is 18.2. The van der Waals surface area contributed by atoms with Crippen molar-refractivity contribution in [1.82, 2.24) is 5.32 Å². The molecule has 3 aromatic rings. The van der Waals surface area contributed by atoms with Crippen LogP contribution in [-0.2, 0) is 11.3 Å². The molecule has 0 saturated heterocycles. The fourth-order valence-corrected chi connectivity index (χ4v) is 3.54. The number of rotatable bonds is 7. The van der Waals surface area contributed by atoms with Crippen molar-refractivity contribution in [2.45, 2.75) is 11.4 Å². The number of hydrogen-bond acceptors (Lipinski definition) is 5. The first-order valence-corrected chi connectivity index (χ1v) is 9.97. The van der Waals surface area contributed by atoms with E-state index in [1.54, 1.807) is 36.0 Å². The molecule has 2 heterocycles. The molecule has 0 atom stereocenters. The van der Waals surface area contributed by atoms with Gasteiger partial charge in [0, 0.05) is 15.8 Å². The summed E-state index contributed by atoms with van der Waals surface area (Å²) in [6, 6.07) is 14.9. The second kappa shape index (κ2) is 8.69. The minimum absolute atomic E-state index is 0.147. The summed E-state index contributed by atoms with van der Waals surface area (Å²) in [7, 11) is 0. The first-order chi connectivity index (χ1) is 12.7. The van der Waals surface area contributed by atoms with Gasteiger partial charge in [0.15, 0.2) is 5.76 Å². The second-order valence-electron chi connectivity index (χ2n) is 5.40. The Kier molecular flexibility index (Phi) is 6.09. The number of furan rings is 1. The van der Waals surface area contributed by atoms with E-state index in [4.69, 9.17) is 4.42 Å². The normalized spacial score (nSPS) is 11.0. The summed E-state index contributed by atoms with van der Waals surface area (Å²) in [5.41, 5.74) is 0.973. The highest BCUT2D eigenvalue weighted by molar-refractivity contribution is 7.98. The van der Waals surface area contributed by atoms with Gasteiger partial charge in [-0.1, -0.05) is 12.1 Å². The van der Waals surface area contributed by atoms with Crippen molar-refractivity contribution in [2.24, 2.45) is 0 Å². The van der Waals surface area contributed by atoms with Crippen LogP contribution in [-0.4, -0.2) is 17.9 Å². The third-order valence-electron chi connectivity index (χ3n) is 3.61. The van der Waals surface area contributed by atoms with Crippen LogP contribution in [0.15, 0.2) is 70.2 Å². The summed E-state index contributed by atoms with van der Waals surface area (Å²) >= 11 is 3.03. The van der Waals surface area contributed by atoms with Gasteiger partial charge in [-0.25, -0.2) is 0 Å². The summed E-state index contributed by atoms with van der Waals surface area (Å²) in [6.07, 6.45) is 6.79. The molecule has 0 aliphatic carbocycles. The van der Waals surface area contributed by atoms with Crippen molar-refractivity contribution >= 4 is 40.9 Å². The van der Waals surface area contributed by atoms with E-state index in [0.717, 1.165) is 10.4 Å². The van der Waals surface area contributed by atoms with E-state index in [2.05, 4.69) is 5.32 Å². The quantitative estimate of drug-likeness (QED) is 0.367. The number of carbonyl (C=O) groups is 2. The lowest BCUT2D eigenvalue weighted by Crippen LogP contribution is -2.19. The Morgan fingerprint density at radius 2 is 1.96 bits per heavy atom. The van der Waals surface area contributed by atoms with Crippen molar-refractivity contribution < 1.29 is 14.0 Å². The highest BCUT2D eigenvalue weighted by Gasteiger charge is 2.14. The summed E-state index contributed by atoms with van der Waals surface area (Å²) in [5.74, 6) is -0.00437. The van der Waals surface area contributed by atoms with Crippen molar-refractivity contribution in [3.63, 3.8) is 0 Å². The Hall–Kier alpha value is -2.57. The van der Waals surface area contributed by atoms with Gasteiger partial charge in [0.1, 0.15) is 0 Å². The molecule has 0 saturated carbocycles. The van der Waals surface area contributed by atoms with Crippen LogP contribution in [0.4, 0.5) is 0 Å². The Labute approximate surface area is 159 Å². The highest BCUT2D eigenvalue weighted by atomic mass is 32.2. The predicted molar refractivity (Wildman–Crippen MR) is 106 cm³/mol. The lowest BCUT2D eigenvalue weighted by atomic mass is 10.2. The van der Waals surface area contributed by atoms with E-state index >= 15 is 0 Å². The maximum Gasteiger partial charge on any atom is 0.244 e. The highest BCUT2D eigenvalue weighted by Crippen LogP contribution is 2.20. The molecule has 1 amide bonds. The zero-order valence-corrected chi connectivity index (χ0v) is 15.7. The topological polar surface area (TPSA) is 59.3 Å². The van der Waals surface area contributed by atoms with Crippen LogP contribution in [0.3, 0.4) is 0 Å². The first-order valence-electron chi connectivity index (χ1n) is 7.92. The molecule has 0 radical (unpaired) electrons. The Balaban J connectivity index is 1.53. The van der Waals surface area contributed by atoms with E-state index < -0.39 is 0 Å². The molecule has 6 heteroatoms. The van der Waals surface area contributed by atoms with E-state index in [1.165, 1.54) is 28.6 Å². The predicted octanol–water partition coefficient (Wildman–Crippen LogP) is 4.62. The van der Waals surface area contributed by atoms with E-state index in [9.17, 15) is 9.59 Å². The van der Waals surface area contributed by atoms with Gasteiger partial charge in [0.25, 0.3) is 0 Å². The Morgan fingerprint density at radius 3 is 2.65 bits per heavy atom. The fraction of sp³-hybridized carbons (Fsp3) is 0.100. The van der Waals surface area contributed by atoms with Crippen LogP contribution in [0.5, 0.6) is 0 Å². The summed E-state index contributed by atoms with van der Waals surface area (Å²) in [5, 5.41) is 2.82. The fourth-order valence-electron chi connectivity index (χ4n) is 2.24. The van der Waals surface area contributed by atoms with Crippen molar-refractivity contribution in [3.8, 4) is 0 Å². The molecule has 132 valence electrons. The number of thioether (sulfide) groups is 1. The Bertz CT molecular complexity index is 909. The van der Waals surface area contributed by atoms with Gasteiger partial charge in [-0.3, -0.25) is 9.59 Å². The molecule has 1 N–H and O–H groups in total. The largest absolute Gasteiger partial charge is 0.461 e. The van der Waals surface area contributed by atoms with Gasteiger partial charge >= 0.3 is 0 Å². The van der Waals surface area contributed by atoms with E-state index in [1.807, 2.05) is 36.6 Å². The van der Waals surface area contributed by atoms with Crippen molar-refractivity contribution in [3.05, 3.63) is 81.9 Å². The monoisotopic (exact) mass is 383 g/mol. The number of thiophene rings is 1. The number of carbonyl (C=O) groups excluding carboxylic acids is 2. The zero-order valence-electron chi connectivity index (χ0n) is 14.1. The zero-order chi connectivity index (χ0) is 18.4. The number of nitrogens with one attached hydrogen (secondary N) is 1. The van der Waals surface area contributed by atoms with Crippen molar-refractivity contribution in [2.75, 3.05) is 6.26 Å². The summed E-state index contributed by atoms with van der Waals surface area (Å²) in [4.78, 5) is 26.8. The maximum absolute atomic E-state index is 12.2. The number of ketones is 1. The smallest absolute Gasteiger partial charge is 0.244 e. The lowest BCUT2D eigenvalue weighted by molar-refractivity contribution is -0.116. The summed E-state index contributed by atoms with van der Waals surface area (Å²) in [6.45, 7) is 0.380. The van der Waals surface area contributed by atoms with Gasteiger partial charge in [0.05, 0.1) is 17.7 Å². The molecular formula is C20H17NO3S2.